The first-order chi connectivity index (χ1) is 23.0. The molecule has 0 bridgehead atoms. The van der Waals surface area contributed by atoms with E-state index in [0.29, 0.717) is 0 Å². The first kappa shape index (κ1) is 40.3. The van der Waals surface area contributed by atoms with Crippen molar-refractivity contribution in [2.24, 2.45) is 0 Å². The minimum Gasteiger partial charge on any atom is -0.478 e. The summed E-state index contributed by atoms with van der Waals surface area (Å²) < 4.78 is 18.8. The second kappa shape index (κ2) is 22.8. The standard InChI is InChI=1S/2C12H14O6.C8H6O4/c2*13-5-7-17-11(15)9-1-2-10(4-3-9)12(16)18-8-6-14;9-7(10)5-1-2-6(4-3-5)8(11)12/h2*1-4,13-14H,5-8H2;1-4H,(H,9,10)(H,11,12). The summed E-state index contributed by atoms with van der Waals surface area (Å²) in [6.45, 7) is -1.24. The summed E-state index contributed by atoms with van der Waals surface area (Å²) >= 11 is 0. The van der Waals surface area contributed by atoms with Gasteiger partial charge in [0.1, 0.15) is 26.4 Å². The number of aromatic carboxylic acids is 2. The van der Waals surface area contributed by atoms with Gasteiger partial charge in [-0.15, -0.1) is 0 Å². The Balaban J connectivity index is 0.000000368. The molecule has 0 heterocycles. The number of aliphatic hydroxyl groups is 4. The molecular weight excluding hydrogens is 640 g/mol. The van der Waals surface area contributed by atoms with Crippen molar-refractivity contribution in [1.82, 2.24) is 0 Å². The molecule has 0 fully saturated rings. The van der Waals surface area contributed by atoms with Crippen LogP contribution in [0.5, 0.6) is 0 Å². The first-order valence-corrected chi connectivity index (χ1v) is 13.9. The number of hydrogen-bond donors (Lipinski definition) is 6. The lowest BCUT2D eigenvalue weighted by atomic mass is 10.1. The molecule has 6 N–H and O–H groups in total. The van der Waals surface area contributed by atoms with Crippen LogP contribution < -0.4 is 0 Å². The third-order valence-corrected chi connectivity index (χ3v) is 5.39. The van der Waals surface area contributed by atoms with Gasteiger partial charge < -0.3 is 49.6 Å². The summed E-state index contributed by atoms with van der Waals surface area (Å²) in [5, 5.41) is 50.9. The zero-order valence-electron chi connectivity index (χ0n) is 25.4. The van der Waals surface area contributed by atoms with E-state index in [-0.39, 0.29) is 86.2 Å². The third-order valence-electron chi connectivity index (χ3n) is 5.39. The molecule has 258 valence electrons. The number of hydrogen-bond acceptors (Lipinski definition) is 14. The second-order valence-corrected chi connectivity index (χ2v) is 8.78. The maximum Gasteiger partial charge on any atom is 0.338 e. The van der Waals surface area contributed by atoms with E-state index < -0.39 is 35.8 Å². The van der Waals surface area contributed by atoms with Crippen LogP contribution in [0.25, 0.3) is 0 Å². The number of esters is 4. The average Bonchev–Trinajstić information content (AvgIpc) is 3.11. The van der Waals surface area contributed by atoms with E-state index in [1.54, 1.807) is 0 Å². The van der Waals surface area contributed by atoms with Crippen LogP contribution in [0.15, 0.2) is 72.8 Å². The molecule has 3 rings (SSSR count). The fraction of sp³-hybridized carbons (Fsp3) is 0.250. The lowest BCUT2D eigenvalue weighted by Gasteiger charge is -2.05. The van der Waals surface area contributed by atoms with E-state index in [1.165, 1.54) is 72.8 Å². The molecule has 0 amide bonds. The van der Waals surface area contributed by atoms with Gasteiger partial charge in [-0.2, -0.15) is 0 Å². The maximum absolute atomic E-state index is 11.4. The first-order valence-electron chi connectivity index (χ1n) is 13.9. The topological polar surface area (TPSA) is 261 Å². The minimum absolute atomic E-state index is 0.0703. The SMILES string of the molecule is O=C(O)c1ccc(C(=O)O)cc1.O=C(OCCO)c1ccc(C(=O)OCCO)cc1.O=C(OCCO)c1ccc(C(=O)OCCO)cc1. The van der Waals surface area contributed by atoms with E-state index >= 15 is 0 Å². The van der Waals surface area contributed by atoms with Gasteiger partial charge in [0.2, 0.25) is 0 Å². The molecule has 3 aromatic rings. The minimum atomic E-state index is -1.06. The maximum atomic E-state index is 11.4. The Morgan fingerprint density at radius 1 is 0.354 bits per heavy atom. The van der Waals surface area contributed by atoms with Gasteiger partial charge in [0.15, 0.2) is 0 Å². The molecule has 16 nitrogen and oxygen atoms in total. The number of carboxylic acid groups (broad SMARTS) is 2. The Morgan fingerprint density at radius 3 is 0.667 bits per heavy atom. The van der Waals surface area contributed by atoms with Crippen LogP contribution in [0.4, 0.5) is 0 Å². The quantitative estimate of drug-likeness (QED) is 0.103. The van der Waals surface area contributed by atoms with Gasteiger partial charge >= 0.3 is 35.8 Å². The van der Waals surface area contributed by atoms with Crippen LogP contribution in [0.1, 0.15) is 62.1 Å². The molecule has 3 aromatic carbocycles. The van der Waals surface area contributed by atoms with Crippen molar-refractivity contribution in [2.75, 3.05) is 52.9 Å². The number of benzene rings is 3. The van der Waals surface area contributed by atoms with E-state index in [2.05, 4.69) is 0 Å². The highest BCUT2D eigenvalue weighted by molar-refractivity contribution is 5.94. The predicted octanol–water partition coefficient (Wildman–Crippen LogP) is 1.05. The summed E-state index contributed by atoms with van der Waals surface area (Å²) in [7, 11) is 0. The van der Waals surface area contributed by atoms with Gasteiger partial charge in [-0.1, -0.05) is 0 Å². The summed E-state index contributed by atoms with van der Waals surface area (Å²) in [6.07, 6.45) is 0. The Kier molecular flexibility index (Phi) is 19.1. The molecule has 48 heavy (non-hydrogen) atoms. The zero-order chi connectivity index (χ0) is 35.9. The highest BCUT2D eigenvalue weighted by Gasteiger charge is 2.12. The Labute approximate surface area is 273 Å². The lowest BCUT2D eigenvalue weighted by Crippen LogP contribution is -2.11. The molecular formula is C32H34O16. The van der Waals surface area contributed by atoms with E-state index in [4.69, 9.17) is 49.6 Å². The van der Waals surface area contributed by atoms with Crippen molar-refractivity contribution in [2.45, 2.75) is 0 Å². The normalized spacial score (nSPS) is 9.75. The van der Waals surface area contributed by atoms with Crippen LogP contribution in [-0.4, -0.2) is 119 Å². The average molecular weight is 675 g/mol. The second-order valence-electron chi connectivity index (χ2n) is 8.78. The Bertz CT molecular complexity index is 1270. The van der Waals surface area contributed by atoms with Crippen LogP contribution in [0.3, 0.4) is 0 Å². The van der Waals surface area contributed by atoms with Crippen LogP contribution in [-0.2, 0) is 18.9 Å². The van der Waals surface area contributed by atoms with Crippen molar-refractivity contribution in [3.63, 3.8) is 0 Å². The molecule has 0 saturated heterocycles. The third kappa shape index (κ3) is 15.1. The number of aliphatic hydroxyl groups excluding tert-OH is 4. The number of rotatable bonds is 14. The molecule has 0 aliphatic rings. The molecule has 0 aliphatic heterocycles. The lowest BCUT2D eigenvalue weighted by molar-refractivity contribution is 0.0422. The smallest absolute Gasteiger partial charge is 0.338 e. The van der Waals surface area contributed by atoms with Crippen LogP contribution in [0.2, 0.25) is 0 Å². The summed E-state index contributed by atoms with van der Waals surface area (Å²) in [6, 6.07) is 16.4. The van der Waals surface area contributed by atoms with Gasteiger partial charge in [0, 0.05) is 0 Å². The molecule has 0 aliphatic carbocycles. The Morgan fingerprint density at radius 2 is 0.521 bits per heavy atom. The monoisotopic (exact) mass is 674 g/mol. The summed E-state index contributed by atoms with van der Waals surface area (Å²) in [5.74, 6) is -4.41. The number of carbonyl (C=O) groups excluding carboxylic acids is 4. The fourth-order valence-electron chi connectivity index (χ4n) is 3.13. The van der Waals surface area contributed by atoms with E-state index in [0.717, 1.165) is 0 Å². The number of carbonyl (C=O) groups is 6. The largest absolute Gasteiger partial charge is 0.478 e. The van der Waals surface area contributed by atoms with Crippen molar-refractivity contribution in [1.29, 1.82) is 0 Å². The fourth-order valence-corrected chi connectivity index (χ4v) is 3.13. The van der Waals surface area contributed by atoms with Crippen molar-refractivity contribution in [3.8, 4) is 0 Å². The van der Waals surface area contributed by atoms with Gasteiger partial charge in [-0.25, -0.2) is 28.8 Å². The molecule has 0 radical (unpaired) electrons. The number of carboxylic acids is 2. The summed E-state index contributed by atoms with van der Waals surface area (Å²) in [5.41, 5.74) is 1.29. The molecule has 0 aromatic heterocycles. The molecule has 0 unspecified atom stereocenters. The van der Waals surface area contributed by atoms with E-state index in [9.17, 15) is 28.8 Å². The van der Waals surface area contributed by atoms with E-state index in [1.807, 2.05) is 0 Å². The van der Waals surface area contributed by atoms with Crippen molar-refractivity contribution >= 4 is 35.8 Å². The number of ether oxygens (including phenoxy) is 4. The zero-order valence-corrected chi connectivity index (χ0v) is 25.4. The predicted molar refractivity (Wildman–Crippen MR) is 163 cm³/mol. The van der Waals surface area contributed by atoms with Gasteiger partial charge in [0.05, 0.1) is 59.8 Å². The summed E-state index contributed by atoms with van der Waals surface area (Å²) in [4.78, 5) is 66.2. The molecule has 16 heteroatoms. The molecule has 0 saturated carbocycles. The Hall–Kier alpha value is -5.68. The molecule has 0 spiro atoms. The van der Waals surface area contributed by atoms with Crippen molar-refractivity contribution in [3.05, 3.63) is 106 Å². The highest BCUT2D eigenvalue weighted by atomic mass is 16.6. The highest BCUT2D eigenvalue weighted by Crippen LogP contribution is 2.09. The van der Waals surface area contributed by atoms with Crippen LogP contribution >= 0.6 is 0 Å². The van der Waals surface area contributed by atoms with Gasteiger partial charge in [-0.05, 0) is 72.8 Å². The van der Waals surface area contributed by atoms with Crippen LogP contribution in [0, 0.1) is 0 Å². The van der Waals surface area contributed by atoms with Gasteiger partial charge in [-0.3, -0.25) is 0 Å². The van der Waals surface area contributed by atoms with Crippen molar-refractivity contribution < 1.29 is 78.4 Å². The molecule has 0 atom stereocenters. The van der Waals surface area contributed by atoms with Gasteiger partial charge in [0.25, 0.3) is 0 Å².